The number of alkyl carbamates (subject to hydrolysis) is 1. The van der Waals surface area contributed by atoms with Crippen molar-refractivity contribution in [3.05, 3.63) is 47.7 Å². The SMILES string of the molecule is CC(C)(C)OC(=O)NCC[C@H](O[Si](C)(C)C(C)(C)C)c1nnc([C@@H]2CC3(CC3)[C@@H]3CN2C(=O)N3OCc2ccccc2)o1. The summed E-state index contributed by atoms with van der Waals surface area (Å²) < 4.78 is 18.5. The van der Waals surface area contributed by atoms with Gasteiger partial charge in [0.15, 0.2) is 8.32 Å². The van der Waals surface area contributed by atoms with Gasteiger partial charge >= 0.3 is 12.1 Å². The van der Waals surface area contributed by atoms with Gasteiger partial charge in [0.25, 0.3) is 0 Å². The molecule has 11 nitrogen and oxygen atoms in total. The van der Waals surface area contributed by atoms with Crippen LogP contribution in [0, 0.1) is 5.41 Å². The standard InChI is InChI=1S/C31H47N5O6Si/c1-29(2,3)41-27(37)32-17-14-23(42-43(7,8)30(4,5)6)26-34-33-25(40-26)22-18-31(15-16-31)24-19-35(22)28(38)36(24)39-20-21-12-10-9-11-13-21/h9-13,22-24H,14-20H2,1-8H3,(H,32,37)/t22-,23-,24-/m0/s1. The molecule has 3 atom stereocenters. The highest BCUT2D eigenvalue weighted by Crippen LogP contribution is 2.61. The maximum Gasteiger partial charge on any atom is 0.407 e. The van der Waals surface area contributed by atoms with E-state index in [1.54, 1.807) is 5.06 Å². The van der Waals surface area contributed by atoms with Gasteiger partial charge in [-0.15, -0.1) is 10.2 Å². The molecular weight excluding hydrogens is 566 g/mol. The van der Waals surface area contributed by atoms with Gasteiger partial charge in [-0.1, -0.05) is 51.1 Å². The van der Waals surface area contributed by atoms with E-state index in [2.05, 4.69) is 49.4 Å². The first kappa shape index (κ1) is 31.5. The van der Waals surface area contributed by atoms with Crippen LogP contribution in [0.25, 0.3) is 0 Å². The summed E-state index contributed by atoms with van der Waals surface area (Å²) in [7, 11) is -2.24. The molecule has 3 amide bonds. The predicted molar refractivity (Wildman–Crippen MR) is 162 cm³/mol. The van der Waals surface area contributed by atoms with Gasteiger partial charge in [-0.3, -0.25) is 4.84 Å². The van der Waals surface area contributed by atoms with Gasteiger partial charge in [-0.2, -0.15) is 5.06 Å². The second-order valence-electron chi connectivity index (χ2n) is 14.7. The molecule has 1 spiro atoms. The molecule has 1 saturated carbocycles. The molecule has 12 heteroatoms. The molecule has 3 heterocycles. The third-order valence-electron chi connectivity index (χ3n) is 9.21. The molecule has 3 fully saturated rings. The molecule has 1 aromatic carbocycles. The fourth-order valence-electron chi connectivity index (χ4n) is 5.61. The Hall–Kier alpha value is -2.96. The zero-order valence-electron chi connectivity index (χ0n) is 26.8. The Kier molecular flexibility index (Phi) is 8.42. The minimum atomic E-state index is -2.24. The minimum absolute atomic E-state index is 0.00692. The van der Waals surface area contributed by atoms with Crippen molar-refractivity contribution in [2.24, 2.45) is 5.41 Å². The largest absolute Gasteiger partial charge is 0.444 e. The molecule has 2 saturated heterocycles. The van der Waals surface area contributed by atoms with Crippen LogP contribution in [0.3, 0.4) is 0 Å². The van der Waals surface area contributed by atoms with E-state index in [4.69, 9.17) is 18.4 Å². The normalized spacial score (nSPS) is 22.2. The van der Waals surface area contributed by atoms with E-state index in [1.807, 2.05) is 56.0 Å². The Bertz CT molecular complexity index is 1300. The molecule has 5 rings (SSSR count). The highest BCUT2D eigenvalue weighted by Gasteiger charge is 2.64. The van der Waals surface area contributed by atoms with E-state index in [0.29, 0.717) is 37.9 Å². The second kappa shape index (κ2) is 11.5. The number of nitrogens with one attached hydrogen (secondary N) is 1. The molecule has 3 aliphatic rings. The van der Waals surface area contributed by atoms with Crippen molar-refractivity contribution in [1.82, 2.24) is 25.5 Å². The van der Waals surface area contributed by atoms with E-state index in [1.165, 1.54) is 0 Å². The third-order valence-corrected chi connectivity index (χ3v) is 13.7. The number of urea groups is 1. The lowest BCUT2D eigenvalue weighted by atomic mass is 9.85. The van der Waals surface area contributed by atoms with E-state index in [-0.39, 0.29) is 28.6 Å². The maximum atomic E-state index is 13.6. The first-order chi connectivity index (χ1) is 20.1. The van der Waals surface area contributed by atoms with Gasteiger partial charge in [-0.25, -0.2) is 9.59 Å². The predicted octanol–water partition coefficient (Wildman–Crippen LogP) is 6.51. The van der Waals surface area contributed by atoms with E-state index < -0.39 is 26.1 Å². The average Bonchev–Trinajstić information content (AvgIpc) is 3.38. The number of piperidine rings is 1. The summed E-state index contributed by atoms with van der Waals surface area (Å²) in [4.78, 5) is 33.8. The summed E-state index contributed by atoms with van der Waals surface area (Å²) in [5.41, 5.74) is 0.423. The van der Waals surface area contributed by atoms with Crippen molar-refractivity contribution in [3.8, 4) is 0 Å². The van der Waals surface area contributed by atoms with Gasteiger partial charge in [-0.05, 0) is 75.6 Å². The zero-order valence-corrected chi connectivity index (χ0v) is 27.8. The first-order valence-electron chi connectivity index (χ1n) is 15.3. The van der Waals surface area contributed by atoms with Crippen LogP contribution in [0.5, 0.6) is 0 Å². The topological polar surface area (TPSA) is 119 Å². The van der Waals surface area contributed by atoms with E-state index in [9.17, 15) is 9.59 Å². The number of nitrogens with zero attached hydrogens (tertiary/aromatic N) is 4. The molecule has 1 aromatic heterocycles. The number of hydrogen-bond donors (Lipinski definition) is 1. The number of hydrogen-bond acceptors (Lipinski definition) is 8. The highest BCUT2D eigenvalue weighted by atomic mass is 28.4. The van der Waals surface area contributed by atoms with Crippen molar-refractivity contribution in [3.63, 3.8) is 0 Å². The van der Waals surface area contributed by atoms with Crippen LogP contribution >= 0.6 is 0 Å². The van der Waals surface area contributed by atoms with Gasteiger partial charge in [0.1, 0.15) is 24.4 Å². The Morgan fingerprint density at radius 1 is 1.14 bits per heavy atom. The molecule has 2 bridgehead atoms. The van der Waals surface area contributed by atoms with Crippen molar-refractivity contribution < 1.29 is 28.0 Å². The smallest absolute Gasteiger partial charge is 0.407 e. The molecule has 0 radical (unpaired) electrons. The van der Waals surface area contributed by atoms with Crippen molar-refractivity contribution >= 4 is 20.4 Å². The van der Waals surface area contributed by atoms with E-state index in [0.717, 1.165) is 24.8 Å². The number of fused-ring (bicyclic) bond motifs is 3. The first-order valence-corrected chi connectivity index (χ1v) is 18.2. The number of aromatic nitrogens is 2. The fraction of sp³-hybridized carbons (Fsp3) is 0.677. The van der Waals surface area contributed by atoms with Crippen molar-refractivity contribution in [2.75, 3.05) is 13.1 Å². The maximum absolute atomic E-state index is 13.6. The summed E-state index contributed by atoms with van der Waals surface area (Å²) in [5, 5.41) is 13.3. The van der Waals surface area contributed by atoms with Gasteiger partial charge in [0.2, 0.25) is 11.8 Å². The number of rotatable bonds is 10. The molecule has 236 valence electrons. The monoisotopic (exact) mass is 613 g/mol. The van der Waals surface area contributed by atoms with Crippen molar-refractivity contribution in [1.29, 1.82) is 0 Å². The lowest BCUT2D eigenvalue weighted by molar-refractivity contribution is -0.153. The summed E-state index contributed by atoms with van der Waals surface area (Å²) in [5.74, 6) is 0.781. The molecule has 43 heavy (non-hydrogen) atoms. The number of amides is 3. The molecular formula is C31H47N5O6Si. The van der Waals surface area contributed by atoms with Crippen LogP contribution in [0.1, 0.15) is 96.7 Å². The van der Waals surface area contributed by atoms with Crippen LogP contribution in [-0.2, 0) is 20.6 Å². The minimum Gasteiger partial charge on any atom is -0.444 e. The second-order valence-corrected chi connectivity index (χ2v) is 19.4. The summed E-state index contributed by atoms with van der Waals surface area (Å²) in [6.07, 6.45) is 2.27. The van der Waals surface area contributed by atoms with Crippen LogP contribution in [0.15, 0.2) is 34.7 Å². The highest BCUT2D eigenvalue weighted by molar-refractivity contribution is 6.74. The average molecular weight is 614 g/mol. The third kappa shape index (κ3) is 6.91. The Morgan fingerprint density at radius 3 is 2.47 bits per heavy atom. The molecule has 0 unspecified atom stereocenters. The van der Waals surface area contributed by atoms with Crippen LogP contribution in [-0.4, -0.2) is 65.3 Å². The van der Waals surface area contributed by atoms with Gasteiger partial charge < -0.3 is 23.8 Å². The lowest BCUT2D eigenvalue weighted by Crippen LogP contribution is -2.42. The quantitative estimate of drug-likeness (QED) is 0.301. The number of ether oxygens (including phenoxy) is 1. The van der Waals surface area contributed by atoms with Gasteiger partial charge in [0.05, 0.1) is 6.04 Å². The Labute approximate surface area is 255 Å². The summed E-state index contributed by atoms with van der Waals surface area (Å²) in [6, 6.07) is 9.40. The number of hydroxylamine groups is 2. The van der Waals surface area contributed by atoms with Crippen LogP contribution in [0.2, 0.25) is 18.1 Å². The Morgan fingerprint density at radius 2 is 1.84 bits per heavy atom. The zero-order chi connectivity index (χ0) is 31.2. The van der Waals surface area contributed by atoms with Crippen LogP contribution in [0.4, 0.5) is 9.59 Å². The number of carbonyl (C=O) groups excluding carboxylic acids is 2. The van der Waals surface area contributed by atoms with Crippen molar-refractivity contribution in [2.45, 2.75) is 116 Å². The number of benzene rings is 1. The van der Waals surface area contributed by atoms with Crippen LogP contribution < -0.4 is 5.32 Å². The lowest BCUT2D eigenvalue weighted by Gasteiger charge is -2.38. The number of carbonyl (C=O) groups is 2. The molecule has 1 aliphatic carbocycles. The van der Waals surface area contributed by atoms with E-state index >= 15 is 0 Å². The molecule has 2 aromatic rings. The summed E-state index contributed by atoms with van der Waals surface area (Å²) >= 11 is 0. The fourth-order valence-corrected chi connectivity index (χ4v) is 6.89. The van der Waals surface area contributed by atoms with Gasteiger partial charge in [0, 0.05) is 13.1 Å². The molecule has 1 N–H and O–H groups in total. The summed E-state index contributed by atoms with van der Waals surface area (Å²) in [6.45, 7) is 17.6. The molecule has 2 aliphatic heterocycles. The Balaban J connectivity index is 1.32.